The highest BCUT2D eigenvalue weighted by atomic mass is 32.1. The molecule has 2 N–H and O–H groups in total. The molecule has 0 spiro atoms. The van der Waals surface area contributed by atoms with Crippen LogP contribution in [-0.2, 0) is 6.54 Å². The third-order valence-corrected chi connectivity index (χ3v) is 3.28. The summed E-state index contributed by atoms with van der Waals surface area (Å²) in [6.45, 7) is 9.96. The number of thiazole rings is 1. The molecular formula is C12H22N4S. The topological polar surface area (TPSA) is 49.3 Å². The molecule has 0 fully saturated rings. The molecule has 1 heterocycles. The van der Waals surface area contributed by atoms with E-state index in [2.05, 4.69) is 48.3 Å². The molecule has 96 valence electrons. The van der Waals surface area contributed by atoms with Gasteiger partial charge in [-0.3, -0.25) is 0 Å². The van der Waals surface area contributed by atoms with Crippen LogP contribution < -0.4 is 10.6 Å². The van der Waals surface area contributed by atoms with Crippen LogP contribution in [0.4, 0.5) is 0 Å². The molecule has 1 rings (SSSR count). The maximum absolute atomic E-state index is 4.53. The molecule has 4 nitrogen and oxygen atoms in total. The van der Waals surface area contributed by atoms with Crippen molar-refractivity contribution >= 4 is 17.3 Å². The first-order chi connectivity index (χ1) is 8.15. The molecule has 0 saturated carbocycles. The van der Waals surface area contributed by atoms with Gasteiger partial charge in [0.2, 0.25) is 0 Å². The highest BCUT2D eigenvalue weighted by molar-refractivity contribution is 7.11. The largest absolute Gasteiger partial charge is 0.357 e. The minimum absolute atomic E-state index is 0.436. The minimum atomic E-state index is 0.436. The van der Waals surface area contributed by atoms with Gasteiger partial charge in [0.25, 0.3) is 0 Å². The van der Waals surface area contributed by atoms with Crippen molar-refractivity contribution in [3.8, 4) is 0 Å². The van der Waals surface area contributed by atoms with E-state index in [0.717, 1.165) is 23.9 Å². The van der Waals surface area contributed by atoms with Gasteiger partial charge in [0.05, 0.1) is 6.54 Å². The molecule has 0 saturated heterocycles. The Morgan fingerprint density at radius 2 is 2.29 bits per heavy atom. The first-order valence-corrected chi connectivity index (χ1v) is 6.93. The first kappa shape index (κ1) is 14.0. The third-order valence-electron chi connectivity index (χ3n) is 2.38. The minimum Gasteiger partial charge on any atom is -0.357 e. The van der Waals surface area contributed by atoms with E-state index in [0.29, 0.717) is 12.6 Å². The molecule has 1 aromatic heterocycles. The van der Waals surface area contributed by atoms with Crippen LogP contribution in [0.2, 0.25) is 0 Å². The summed E-state index contributed by atoms with van der Waals surface area (Å²) < 4.78 is 0. The Morgan fingerprint density at radius 1 is 1.53 bits per heavy atom. The summed E-state index contributed by atoms with van der Waals surface area (Å²) in [4.78, 5) is 10.1. The molecule has 0 aliphatic carbocycles. The molecule has 0 radical (unpaired) electrons. The fourth-order valence-electron chi connectivity index (χ4n) is 1.28. The molecule has 1 aromatic rings. The maximum atomic E-state index is 4.53. The highest BCUT2D eigenvalue weighted by Gasteiger charge is 2.03. The zero-order valence-corrected chi connectivity index (χ0v) is 11.9. The van der Waals surface area contributed by atoms with Crippen molar-refractivity contribution in [2.45, 2.75) is 46.7 Å². The Bertz CT molecular complexity index is 359. The Balaban J connectivity index is 2.56. The Kier molecular flexibility index (Phi) is 5.97. The second-order valence-corrected chi connectivity index (χ2v) is 5.33. The molecule has 0 aliphatic heterocycles. The predicted molar refractivity (Wildman–Crippen MR) is 74.6 cm³/mol. The van der Waals surface area contributed by atoms with Gasteiger partial charge in [-0.1, -0.05) is 6.92 Å². The number of aryl methyl sites for hydroxylation is 1. The molecule has 0 aliphatic rings. The summed E-state index contributed by atoms with van der Waals surface area (Å²) in [5.74, 6) is 0.870. The number of aromatic nitrogens is 1. The maximum Gasteiger partial charge on any atom is 0.191 e. The van der Waals surface area contributed by atoms with Crippen LogP contribution in [0.25, 0.3) is 0 Å². The summed E-state index contributed by atoms with van der Waals surface area (Å²) in [6, 6.07) is 0.436. The van der Waals surface area contributed by atoms with E-state index >= 15 is 0 Å². The standard InChI is InChI=1S/C12H22N4S/c1-5-9(3)16-12(13-6-2)15-8-11-14-7-10(4)17-11/h7,9H,5-6,8H2,1-4H3,(H2,13,15,16). The van der Waals surface area contributed by atoms with Crippen LogP contribution in [0.15, 0.2) is 11.2 Å². The SMILES string of the molecule is CCNC(=NCc1ncc(C)s1)NC(C)CC. The van der Waals surface area contributed by atoms with Crippen molar-refractivity contribution in [3.05, 3.63) is 16.1 Å². The number of hydrogen-bond acceptors (Lipinski definition) is 3. The molecule has 0 bridgehead atoms. The third kappa shape index (κ3) is 5.17. The van der Waals surface area contributed by atoms with Crippen LogP contribution in [0.3, 0.4) is 0 Å². The molecule has 1 unspecified atom stereocenters. The second-order valence-electron chi connectivity index (χ2n) is 4.01. The van der Waals surface area contributed by atoms with Crippen molar-refractivity contribution < 1.29 is 0 Å². The van der Waals surface area contributed by atoms with E-state index in [-0.39, 0.29) is 0 Å². The van der Waals surface area contributed by atoms with Crippen LogP contribution >= 0.6 is 11.3 Å². The molecule has 0 amide bonds. The monoisotopic (exact) mass is 254 g/mol. The normalized spacial score (nSPS) is 13.5. The number of aliphatic imine (C=N–C) groups is 1. The van der Waals surface area contributed by atoms with Crippen molar-refractivity contribution in [2.24, 2.45) is 4.99 Å². The Hall–Kier alpha value is -1.10. The second kappa shape index (κ2) is 7.27. The fraction of sp³-hybridized carbons (Fsp3) is 0.667. The van der Waals surface area contributed by atoms with Crippen LogP contribution in [0.5, 0.6) is 0 Å². The van der Waals surface area contributed by atoms with E-state index in [4.69, 9.17) is 0 Å². The Morgan fingerprint density at radius 3 is 2.82 bits per heavy atom. The van der Waals surface area contributed by atoms with Gasteiger partial charge in [0.1, 0.15) is 5.01 Å². The summed E-state index contributed by atoms with van der Waals surface area (Å²) in [5, 5.41) is 7.66. The Labute approximate surface area is 108 Å². The van der Waals surface area contributed by atoms with E-state index in [1.54, 1.807) is 11.3 Å². The van der Waals surface area contributed by atoms with Gasteiger partial charge in [-0.15, -0.1) is 11.3 Å². The van der Waals surface area contributed by atoms with Crippen LogP contribution in [0, 0.1) is 6.92 Å². The van der Waals surface area contributed by atoms with Gasteiger partial charge >= 0.3 is 0 Å². The molecule has 0 aromatic carbocycles. The van der Waals surface area contributed by atoms with Crippen molar-refractivity contribution in [3.63, 3.8) is 0 Å². The predicted octanol–water partition coefficient (Wildman–Crippen LogP) is 2.31. The van der Waals surface area contributed by atoms with Crippen LogP contribution in [-0.4, -0.2) is 23.5 Å². The number of nitrogens with one attached hydrogen (secondary N) is 2. The summed E-state index contributed by atoms with van der Waals surface area (Å²) in [5.41, 5.74) is 0. The molecule has 17 heavy (non-hydrogen) atoms. The van der Waals surface area contributed by atoms with Crippen LogP contribution in [0.1, 0.15) is 37.1 Å². The number of rotatable bonds is 5. The highest BCUT2D eigenvalue weighted by Crippen LogP contribution is 2.11. The molecule has 1 atom stereocenters. The average molecular weight is 254 g/mol. The van der Waals surface area contributed by atoms with Crippen molar-refractivity contribution in [1.82, 2.24) is 15.6 Å². The first-order valence-electron chi connectivity index (χ1n) is 6.11. The zero-order valence-electron chi connectivity index (χ0n) is 11.1. The van der Waals surface area contributed by atoms with E-state index in [1.807, 2.05) is 6.20 Å². The van der Waals surface area contributed by atoms with E-state index < -0.39 is 0 Å². The van der Waals surface area contributed by atoms with Crippen molar-refractivity contribution in [2.75, 3.05) is 6.54 Å². The van der Waals surface area contributed by atoms with E-state index in [9.17, 15) is 0 Å². The number of guanidine groups is 1. The summed E-state index contributed by atoms with van der Waals surface area (Å²) in [7, 11) is 0. The lowest BCUT2D eigenvalue weighted by atomic mass is 10.3. The van der Waals surface area contributed by atoms with Gasteiger partial charge in [-0.2, -0.15) is 0 Å². The lowest BCUT2D eigenvalue weighted by Gasteiger charge is -2.15. The van der Waals surface area contributed by atoms with Gasteiger partial charge in [-0.05, 0) is 27.2 Å². The molecular weight excluding hydrogens is 232 g/mol. The van der Waals surface area contributed by atoms with Crippen molar-refractivity contribution in [1.29, 1.82) is 0 Å². The molecule has 5 heteroatoms. The fourth-order valence-corrected chi connectivity index (χ4v) is 1.99. The smallest absolute Gasteiger partial charge is 0.191 e. The summed E-state index contributed by atoms with van der Waals surface area (Å²) in [6.07, 6.45) is 2.98. The number of hydrogen-bond donors (Lipinski definition) is 2. The average Bonchev–Trinajstić information content (AvgIpc) is 2.72. The lowest BCUT2D eigenvalue weighted by molar-refractivity contribution is 0.624. The van der Waals surface area contributed by atoms with E-state index in [1.165, 1.54) is 4.88 Å². The van der Waals surface area contributed by atoms with Gasteiger partial charge in [0, 0.05) is 23.7 Å². The lowest BCUT2D eigenvalue weighted by Crippen LogP contribution is -2.41. The zero-order chi connectivity index (χ0) is 12.7. The summed E-state index contributed by atoms with van der Waals surface area (Å²) >= 11 is 1.70. The quantitative estimate of drug-likeness (QED) is 0.626. The van der Waals surface area contributed by atoms with Gasteiger partial charge < -0.3 is 10.6 Å². The number of nitrogens with zero attached hydrogens (tertiary/aromatic N) is 2. The van der Waals surface area contributed by atoms with Gasteiger partial charge in [0.15, 0.2) is 5.96 Å². The van der Waals surface area contributed by atoms with Gasteiger partial charge in [-0.25, -0.2) is 9.98 Å².